The van der Waals surface area contributed by atoms with Crippen molar-refractivity contribution in [2.45, 2.75) is 0 Å². The zero-order chi connectivity index (χ0) is 33.0. The zero-order valence-electron chi connectivity index (χ0n) is 26.6. The van der Waals surface area contributed by atoms with Crippen LogP contribution in [0.3, 0.4) is 0 Å². The monoisotopic (exact) mass is 629 g/mol. The first-order valence-electron chi connectivity index (χ1n) is 16.2. The van der Waals surface area contributed by atoms with Crippen molar-refractivity contribution in [3.63, 3.8) is 0 Å². The van der Waals surface area contributed by atoms with E-state index in [1.165, 1.54) is 0 Å². The number of hydrogen-bond acceptors (Lipinski definition) is 2. The second-order valence-electron chi connectivity index (χ2n) is 11.8. The number of benzene rings is 7. The Hall–Kier alpha value is -6.65. The van der Waals surface area contributed by atoms with Crippen LogP contribution in [0.4, 0.5) is 0 Å². The second-order valence-corrected chi connectivity index (χ2v) is 11.8. The number of amidine groups is 2. The lowest BCUT2D eigenvalue weighted by atomic mass is 9.95. The molecule has 0 spiro atoms. The lowest BCUT2D eigenvalue weighted by Gasteiger charge is -2.11. The molecule has 49 heavy (non-hydrogen) atoms. The highest BCUT2D eigenvalue weighted by Gasteiger charge is 2.18. The van der Waals surface area contributed by atoms with Crippen LogP contribution < -0.4 is 0 Å². The summed E-state index contributed by atoms with van der Waals surface area (Å²) in [5.41, 5.74) is 10.1. The zero-order valence-corrected chi connectivity index (χ0v) is 26.6. The molecule has 0 bridgehead atoms. The van der Waals surface area contributed by atoms with E-state index in [2.05, 4.69) is 72.8 Å². The Bertz CT molecular complexity index is 2420. The minimum atomic E-state index is 0.0671. The molecule has 0 aliphatic heterocycles. The first-order chi connectivity index (χ1) is 24.2. The van der Waals surface area contributed by atoms with Gasteiger partial charge in [-0.25, -0.2) is 9.98 Å². The van der Waals surface area contributed by atoms with Crippen LogP contribution in [0.2, 0.25) is 0 Å². The van der Waals surface area contributed by atoms with Gasteiger partial charge in [0.25, 0.3) is 0 Å². The number of furan rings is 1. The van der Waals surface area contributed by atoms with E-state index in [-0.39, 0.29) is 5.84 Å². The summed E-state index contributed by atoms with van der Waals surface area (Å²) in [5, 5.41) is 11.3. The van der Waals surface area contributed by atoms with Crippen LogP contribution in [0.25, 0.3) is 55.3 Å². The highest BCUT2D eigenvalue weighted by molar-refractivity contribution is 6.20. The maximum atomic E-state index is 9.38. The maximum absolute atomic E-state index is 9.38. The van der Waals surface area contributed by atoms with Gasteiger partial charge in [0.1, 0.15) is 11.2 Å². The van der Waals surface area contributed by atoms with Crippen LogP contribution in [0.15, 0.2) is 190 Å². The summed E-state index contributed by atoms with van der Waals surface area (Å²) in [7, 11) is 0. The average molecular weight is 630 g/mol. The highest BCUT2D eigenvalue weighted by Crippen LogP contribution is 2.37. The van der Waals surface area contributed by atoms with E-state index in [1.54, 1.807) is 6.21 Å². The van der Waals surface area contributed by atoms with E-state index >= 15 is 0 Å². The van der Waals surface area contributed by atoms with E-state index in [9.17, 15) is 5.41 Å². The molecule has 232 valence electrons. The lowest BCUT2D eigenvalue weighted by molar-refractivity contribution is 0.669. The fourth-order valence-corrected chi connectivity index (χ4v) is 6.21. The Labute approximate surface area is 284 Å². The quantitative estimate of drug-likeness (QED) is 0.144. The summed E-state index contributed by atoms with van der Waals surface area (Å²) in [6, 6.07) is 59.3. The summed E-state index contributed by atoms with van der Waals surface area (Å²) in [4.78, 5) is 9.87. The molecule has 0 fully saturated rings. The van der Waals surface area contributed by atoms with Gasteiger partial charge in [-0.05, 0) is 57.6 Å². The minimum absolute atomic E-state index is 0.0671. The van der Waals surface area contributed by atoms with Crippen LogP contribution >= 0.6 is 0 Å². The van der Waals surface area contributed by atoms with Crippen molar-refractivity contribution in [1.82, 2.24) is 0 Å². The van der Waals surface area contributed by atoms with Crippen molar-refractivity contribution in [3.05, 3.63) is 193 Å². The van der Waals surface area contributed by atoms with Gasteiger partial charge in [0, 0.05) is 28.1 Å². The normalized spacial score (nSPS) is 11.8. The van der Waals surface area contributed by atoms with Crippen LogP contribution in [0, 0.1) is 5.41 Å². The molecule has 0 atom stereocenters. The van der Waals surface area contributed by atoms with Crippen LogP contribution in [-0.4, -0.2) is 17.9 Å². The van der Waals surface area contributed by atoms with E-state index in [0.29, 0.717) is 17.0 Å². The van der Waals surface area contributed by atoms with Gasteiger partial charge >= 0.3 is 0 Å². The van der Waals surface area contributed by atoms with Crippen LogP contribution in [0.5, 0.6) is 0 Å². The Morgan fingerprint density at radius 3 is 1.63 bits per heavy atom. The fraction of sp³-hybridized carbons (Fsp3) is 0. The molecule has 4 nitrogen and oxygen atoms in total. The Morgan fingerprint density at radius 1 is 0.490 bits per heavy atom. The van der Waals surface area contributed by atoms with Crippen molar-refractivity contribution in [2.24, 2.45) is 9.98 Å². The molecular weight excluding hydrogens is 599 g/mol. The van der Waals surface area contributed by atoms with Crippen molar-refractivity contribution in [3.8, 4) is 33.4 Å². The summed E-state index contributed by atoms with van der Waals surface area (Å²) in [6.45, 7) is 0. The summed E-state index contributed by atoms with van der Waals surface area (Å²) in [6.07, 6.45) is 1.80. The number of fused-ring (bicyclic) bond motifs is 3. The third-order valence-corrected chi connectivity index (χ3v) is 8.62. The van der Waals surface area contributed by atoms with Crippen molar-refractivity contribution >= 4 is 39.8 Å². The predicted molar refractivity (Wildman–Crippen MR) is 204 cm³/mol. The van der Waals surface area contributed by atoms with Gasteiger partial charge in [-0.1, -0.05) is 152 Å². The summed E-state index contributed by atoms with van der Waals surface area (Å²) in [5.74, 6) is 0.499. The fourth-order valence-electron chi connectivity index (χ4n) is 6.21. The number of nitrogens with zero attached hydrogens (tertiary/aromatic N) is 2. The molecule has 8 aromatic rings. The van der Waals surface area contributed by atoms with Gasteiger partial charge in [0.05, 0.1) is 5.56 Å². The summed E-state index contributed by atoms with van der Waals surface area (Å²) < 4.78 is 6.61. The van der Waals surface area contributed by atoms with Crippen LogP contribution in [-0.2, 0) is 0 Å². The van der Waals surface area contributed by atoms with Crippen molar-refractivity contribution < 1.29 is 4.42 Å². The molecular formula is C45H31N3O. The molecule has 7 aromatic carbocycles. The Morgan fingerprint density at radius 2 is 1.02 bits per heavy atom. The maximum Gasteiger partial charge on any atom is 0.161 e. The number of para-hydroxylation sites is 2. The van der Waals surface area contributed by atoms with Gasteiger partial charge in [-0.15, -0.1) is 0 Å². The molecule has 0 amide bonds. The molecule has 1 N–H and O–H groups in total. The predicted octanol–water partition coefficient (Wildman–Crippen LogP) is 11.5. The van der Waals surface area contributed by atoms with E-state index in [4.69, 9.17) is 14.4 Å². The van der Waals surface area contributed by atoms with Crippen LogP contribution in [0.1, 0.15) is 16.7 Å². The van der Waals surface area contributed by atoms with E-state index in [0.717, 1.165) is 60.9 Å². The van der Waals surface area contributed by atoms with Crippen molar-refractivity contribution in [2.75, 3.05) is 0 Å². The topological polar surface area (TPSA) is 61.7 Å². The van der Waals surface area contributed by atoms with Gasteiger partial charge in [-0.3, -0.25) is 5.41 Å². The second kappa shape index (κ2) is 13.2. The Balaban J connectivity index is 1.30. The lowest BCUT2D eigenvalue weighted by Crippen LogP contribution is -2.06. The molecule has 1 aromatic heterocycles. The molecule has 0 unspecified atom stereocenters. The van der Waals surface area contributed by atoms with E-state index in [1.807, 2.05) is 103 Å². The third kappa shape index (κ3) is 6.11. The van der Waals surface area contributed by atoms with Gasteiger partial charge in [0.2, 0.25) is 0 Å². The SMILES string of the molecule is N=C(N=C(N=Cc1ccccc1)c1cc(-c2ccccc2)cc(-c2ccccc2)c1)c1cccc2c1oc1c(-c3ccccc3)cccc12. The van der Waals surface area contributed by atoms with Gasteiger partial charge in [0.15, 0.2) is 11.7 Å². The average Bonchev–Trinajstić information content (AvgIpc) is 3.57. The van der Waals surface area contributed by atoms with Crippen molar-refractivity contribution in [1.29, 1.82) is 5.41 Å². The number of hydrogen-bond donors (Lipinski definition) is 1. The smallest absolute Gasteiger partial charge is 0.161 e. The molecule has 0 saturated heterocycles. The summed E-state index contributed by atoms with van der Waals surface area (Å²) >= 11 is 0. The molecule has 0 aliphatic carbocycles. The highest BCUT2D eigenvalue weighted by atomic mass is 16.3. The molecule has 1 heterocycles. The van der Waals surface area contributed by atoms with Gasteiger partial charge in [-0.2, -0.15) is 0 Å². The molecule has 0 aliphatic rings. The standard InChI is InChI=1S/C45H31N3O/c46-44(41-26-14-25-40-39-24-13-23-38(42(39)49-43(40)41)34-21-11-4-12-22-34)48-45(47-30-31-15-5-1-6-16-31)37-28-35(32-17-7-2-8-18-32)27-36(29-37)33-19-9-3-10-20-33/h1-30,46H. The first kappa shape index (κ1) is 29.7. The third-order valence-electron chi connectivity index (χ3n) is 8.62. The number of nitrogens with one attached hydrogen (secondary N) is 1. The number of rotatable bonds is 6. The van der Waals surface area contributed by atoms with Gasteiger partial charge < -0.3 is 4.42 Å². The Kier molecular flexibility index (Phi) is 8.02. The minimum Gasteiger partial charge on any atom is -0.455 e. The van der Waals surface area contributed by atoms with E-state index < -0.39 is 0 Å². The molecule has 0 saturated carbocycles. The molecule has 8 rings (SSSR count). The molecule has 0 radical (unpaired) electrons. The molecule has 4 heteroatoms. The largest absolute Gasteiger partial charge is 0.455 e. The number of aliphatic imine (C=N–C) groups is 2. The first-order valence-corrected chi connectivity index (χ1v) is 16.2.